The van der Waals surface area contributed by atoms with Crippen LogP contribution < -0.4 is 0 Å². The molecule has 0 aromatic heterocycles. The Morgan fingerprint density at radius 3 is 2.85 bits per heavy atom. The van der Waals surface area contributed by atoms with Crippen molar-refractivity contribution >= 4 is 11.6 Å². The third kappa shape index (κ3) is 2.44. The summed E-state index contributed by atoms with van der Waals surface area (Å²) in [5, 5.41) is 10.3. The second-order valence-corrected chi connectivity index (χ2v) is 3.33. The molecule has 1 atom stereocenters. The molecule has 13 heavy (non-hydrogen) atoms. The second-order valence-electron chi connectivity index (χ2n) is 2.93. The van der Waals surface area contributed by atoms with Gasteiger partial charge in [0.05, 0.1) is 6.61 Å². The Balaban J connectivity index is 2.93. The highest BCUT2D eigenvalue weighted by Gasteiger charge is 2.10. The van der Waals surface area contributed by atoms with Crippen molar-refractivity contribution in [3.63, 3.8) is 0 Å². The van der Waals surface area contributed by atoms with Crippen LogP contribution in [0.4, 0.5) is 0 Å². The topological polar surface area (TPSA) is 29.5 Å². The molecule has 0 aliphatic rings. The predicted octanol–water partition coefficient (Wildman–Crippen LogP) is 2.33. The Hall–Kier alpha value is -0.570. The van der Waals surface area contributed by atoms with E-state index in [2.05, 4.69) is 0 Å². The van der Waals surface area contributed by atoms with Crippen LogP contribution in [0.5, 0.6) is 0 Å². The van der Waals surface area contributed by atoms with Crippen molar-refractivity contribution in [3.05, 3.63) is 34.3 Å². The fraction of sp³-hybridized carbons (Fsp3) is 0.400. The Morgan fingerprint density at radius 2 is 2.23 bits per heavy atom. The van der Waals surface area contributed by atoms with Gasteiger partial charge in [0.15, 0.2) is 0 Å². The van der Waals surface area contributed by atoms with Crippen LogP contribution in [0.15, 0.2) is 18.2 Å². The van der Waals surface area contributed by atoms with Gasteiger partial charge in [0.25, 0.3) is 0 Å². The molecule has 1 rings (SSSR count). The van der Waals surface area contributed by atoms with Crippen molar-refractivity contribution in [2.24, 2.45) is 0 Å². The van der Waals surface area contributed by atoms with E-state index in [1.54, 1.807) is 13.2 Å². The van der Waals surface area contributed by atoms with Crippen molar-refractivity contribution in [3.8, 4) is 0 Å². The first-order valence-electron chi connectivity index (χ1n) is 4.09. The summed E-state index contributed by atoms with van der Waals surface area (Å²) in [6, 6.07) is 5.48. The van der Waals surface area contributed by atoms with E-state index in [1.165, 1.54) is 0 Å². The number of benzene rings is 1. The molecule has 0 heterocycles. The standard InChI is InChI=1S/C10H13ClO2/c1-7-8(10(12)6-13-2)4-3-5-9(7)11/h3-5,10,12H,6H2,1-2H3. The normalized spacial score (nSPS) is 12.9. The highest BCUT2D eigenvalue weighted by Crippen LogP contribution is 2.23. The molecule has 0 amide bonds. The largest absolute Gasteiger partial charge is 0.386 e. The molecule has 1 aromatic carbocycles. The predicted molar refractivity (Wildman–Crippen MR) is 53.0 cm³/mol. The van der Waals surface area contributed by atoms with E-state index in [1.807, 2.05) is 19.1 Å². The monoisotopic (exact) mass is 200 g/mol. The van der Waals surface area contributed by atoms with Crippen LogP contribution >= 0.6 is 11.6 Å². The maximum atomic E-state index is 9.64. The van der Waals surface area contributed by atoms with E-state index in [0.29, 0.717) is 11.6 Å². The first kappa shape index (κ1) is 10.5. The first-order chi connectivity index (χ1) is 6.16. The number of rotatable bonds is 3. The molecule has 3 heteroatoms. The summed E-state index contributed by atoms with van der Waals surface area (Å²) in [6.07, 6.45) is -0.594. The summed E-state index contributed by atoms with van der Waals surface area (Å²) in [5.41, 5.74) is 1.74. The van der Waals surface area contributed by atoms with E-state index in [0.717, 1.165) is 11.1 Å². The Labute approximate surface area is 83.1 Å². The van der Waals surface area contributed by atoms with E-state index in [9.17, 15) is 5.11 Å². The van der Waals surface area contributed by atoms with Gasteiger partial charge in [-0.3, -0.25) is 0 Å². The lowest BCUT2D eigenvalue weighted by Gasteiger charge is -2.13. The number of hydrogen-bond donors (Lipinski definition) is 1. The third-order valence-electron chi connectivity index (χ3n) is 1.99. The van der Waals surface area contributed by atoms with Gasteiger partial charge < -0.3 is 9.84 Å². The van der Waals surface area contributed by atoms with Crippen LogP contribution in [-0.4, -0.2) is 18.8 Å². The van der Waals surface area contributed by atoms with Gasteiger partial charge in [-0.1, -0.05) is 23.7 Å². The Bertz CT molecular complexity index is 286. The highest BCUT2D eigenvalue weighted by atomic mass is 35.5. The zero-order chi connectivity index (χ0) is 9.84. The molecule has 0 aliphatic carbocycles. The van der Waals surface area contributed by atoms with E-state index < -0.39 is 6.10 Å². The second kappa shape index (κ2) is 4.61. The minimum absolute atomic E-state index is 0.293. The number of halogens is 1. The molecule has 0 fully saturated rings. The van der Waals surface area contributed by atoms with Crippen LogP contribution in [0.25, 0.3) is 0 Å². The molecule has 1 aromatic rings. The van der Waals surface area contributed by atoms with Gasteiger partial charge in [-0.15, -0.1) is 0 Å². The minimum atomic E-state index is -0.594. The highest BCUT2D eigenvalue weighted by molar-refractivity contribution is 6.31. The average Bonchev–Trinajstić information content (AvgIpc) is 2.10. The summed E-state index contributed by atoms with van der Waals surface area (Å²) >= 11 is 5.91. The third-order valence-corrected chi connectivity index (χ3v) is 2.40. The molecule has 0 saturated carbocycles. The SMILES string of the molecule is COCC(O)c1cccc(Cl)c1C. The molecule has 1 N–H and O–H groups in total. The van der Waals surface area contributed by atoms with Crippen LogP contribution in [-0.2, 0) is 4.74 Å². The lowest BCUT2D eigenvalue weighted by molar-refractivity contribution is 0.0640. The summed E-state index contributed by atoms with van der Waals surface area (Å²) < 4.78 is 4.86. The van der Waals surface area contributed by atoms with E-state index in [-0.39, 0.29) is 0 Å². The first-order valence-corrected chi connectivity index (χ1v) is 4.46. The van der Waals surface area contributed by atoms with Gasteiger partial charge in [-0.25, -0.2) is 0 Å². The fourth-order valence-electron chi connectivity index (χ4n) is 1.23. The van der Waals surface area contributed by atoms with Crippen molar-refractivity contribution in [2.75, 3.05) is 13.7 Å². The summed E-state index contributed by atoms with van der Waals surface area (Å²) in [5.74, 6) is 0. The lowest BCUT2D eigenvalue weighted by atomic mass is 10.0. The summed E-state index contributed by atoms with van der Waals surface area (Å²) in [7, 11) is 1.56. The van der Waals surface area contributed by atoms with Crippen molar-refractivity contribution < 1.29 is 9.84 Å². The minimum Gasteiger partial charge on any atom is -0.386 e. The van der Waals surface area contributed by atoms with Crippen molar-refractivity contribution in [1.29, 1.82) is 0 Å². The van der Waals surface area contributed by atoms with Crippen LogP contribution in [0, 0.1) is 6.92 Å². The maximum absolute atomic E-state index is 9.64. The number of aliphatic hydroxyl groups excluding tert-OH is 1. The molecule has 0 bridgehead atoms. The molecule has 72 valence electrons. The molecule has 2 nitrogen and oxygen atoms in total. The van der Waals surface area contributed by atoms with Gasteiger partial charge >= 0.3 is 0 Å². The number of ether oxygens (including phenoxy) is 1. The molecular weight excluding hydrogens is 188 g/mol. The molecule has 0 spiro atoms. The Kier molecular flexibility index (Phi) is 3.72. The molecule has 0 radical (unpaired) electrons. The Morgan fingerprint density at radius 1 is 1.54 bits per heavy atom. The maximum Gasteiger partial charge on any atom is 0.103 e. The zero-order valence-corrected chi connectivity index (χ0v) is 8.51. The lowest BCUT2D eigenvalue weighted by Crippen LogP contribution is -2.06. The van der Waals surface area contributed by atoms with Gasteiger partial charge in [0.2, 0.25) is 0 Å². The molecule has 0 saturated heterocycles. The summed E-state index contributed by atoms with van der Waals surface area (Å²) in [6.45, 7) is 2.18. The average molecular weight is 201 g/mol. The summed E-state index contributed by atoms with van der Waals surface area (Å²) in [4.78, 5) is 0. The van der Waals surface area contributed by atoms with Gasteiger partial charge in [0.1, 0.15) is 6.10 Å². The number of methoxy groups -OCH3 is 1. The van der Waals surface area contributed by atoms with E-state index in [4.69, 9.17) is 16.3 Å². The van der Waals surface area contributed by atoms with E-state index >= 15 is 0 Å². The zero-order valence-electron chi connectivity index (χ0n) is 7.75. The smallest absolute Gasteiger partial charge is 0.103 e. The van der Waals surface area contributed by atoms with Crippen molar-refractivity contribution in [2.45, 2.75) is 13.0 Å². The van der Waals surface area contributed by atoms with Gasteiger partial charge in [-0.05, 0) is 24.1 Å². The van der Waals surface area contributed by atoms with Gasteiger partial charge in [-0.2, -0.15) is 0 Å². The van der Waals surface area contributed by atoms with Crippen LogP contribution in [0.1, 0.15) is 17.2 Å². The van der Waals surface area contributed by atoms with Crippen LogP contribution in [0.3, 0.4) is 0 Å². The number of hydrogen-bond acceptors (Lipinski definition) is 2. The number of aliphatic hydroxyl groups is 1. The molecular formula is C10H13ClO2. The van der Waals surface area contributed by atoms with Crippen molar-refractivity contribution in [1.82, 2.24) is 0 Å². The van der Waals surface area contributed by atoms with Gasteiger partial charge in [0, 0.05) is 12.1 Å². The quantitative estimate of drug-likeness (QED) is 0.812. The molecule has 1 unspecified atom stereocenters. The fourth-order valence-corrected chi connectivity index (χ4v) is 1.41. The molecule has 0 aliphatic heterocycles. The van der Waals surface area contributed by atoms with Crippen LogP contribution in [0.2, 0.25) is 5.02 Å².